The Balaban J connectivity index is 2.07. The quantitative estimate of drug-likeness (QED) is 0.818. The van der Waals surface area contributed by atoms with Crippen LogP contribution in [0.1, 0.15) is 57.3 Å². The third-order valence-electron chi connectivity index (χ3n) is 3.28. The Kier molecular flexibility index (Phi) is 3.79. The number of nitrogens with zero attached hydrogens (tertiary/aromatic N) is 3. The monoisotopic (exact) mass is 239 g/mol. The number of aromatic nitrogens is 2. The molecule has 1 atom stereocenters. The van der Waals surface area contributed by atoms with Gasteiger partial charge in [-0.15, -0.1) is 0 Å². The third-order valence-corrected chi connectivity index (χ3v) is 3.28. The van der Waals surface area contributed by atoms with Crippen LogP contribution in [0.2, 0.25) is 0 Å². The van der Waals surface area contributed by atoms with Crippen molar-refractivity contribution in [3.8, 4) is 0 Å². The lowest BCUT2D eigenvalue weighted by Gasteiger charge is -2.29. The molecule has 1 heterocycles. The van der Waals surface area contributed by atoms with Crippen LogP contribution in [0.5, 0.6) is 0 Å². The molecule has 96 valence electrons. The van der Waals surface area contributed by atoms with Crippen LogP contribution < -0.4 is 0 Å². The fourth-order valence-electron chi connectivity index (χ4n) is 2.08. The zero-order chi connectivity index (χ0) is 12.4. The van der Waals surface area contributed by atoms with Crippen molar-refractivity contribution in [1.82, 2.24) is 15.0 Å². The minimum atomic E-state index is 0.0575. The van der Waals surface area contributed by atoms with Gasteiger partial charge in [0, 0.05) is 18.5 Å². The summed E-state index contributed by atoms with van der Waals surface area (Å²) in [4.78, 5) is 6.61. The lowest BCUT2D eigenvalue weighted by Crippen LogP contribution is -2.36. The molecule has 1 aromatic rings. The average molecular weight is 239 g/mol. The molecule has 17 heavy (non-hydrogen) atoms. The van der Waals surface area contributed by atoms with Crippen molar-refractivity contribution in [1.29, 1.82) is 0 Å². The zero-order valence-corrected chi connectivity index (χ0v) is 10.8. The Morgan fingerprint density at radius 3 is 2.65 bits per heavy atom. The summed E-state index contributed by atoms with van der Waals surface area (Å²) in [6, 6.07) is 0.399. The first-order valence-electron chi connectivity index (χ1n) is 6.33. The van der Waals surface area contributed by atoms with Crippen LogP contribution in [0.15, 0.2) is 4.52 Å². The van der Waals surface area contributed by atoms with E-state index in [9.17, 15) is 0 Å². The van der Waals surface area contributed by atoms with Gasteiger partial charge in [0.25, 0.3) is 0 Å². The van der Waals surface area contributed by atoms with Gasteiger partial charge in [-0.25, -0.2) is 0 Å². The van der Waals surface area contributed by atoms with E-state index < -0.39 is 0 Å². The summed E-state index contributed by atoms with van der Waals surface area (Å²) < 4.78 is 5.32. The molecule has 0 saturated heterocycles. The van der Waals surface area contributed by atoms with E-state index in [-0.39, 0.29) is 12.6 Å². The number of aliphatic hydroxyl groups is 1. The van der Waals surface area contributed by atoms with E-state index >= 15 is 0 Å². The van der Waals surface area contributed by atoms with E-state index in [0.717, 1.165) is 5.82 Å². The fourth-order valence-corrected chi connectivity index (χ4v) is 2.08. The summed E-state index contributed by atoms with van der Waals surface area (Å²) >= 11 is 0. The van der Waals surface area contributed by atoms with Crippen LogP contribution in [-0.2, 0) is 0 Å². The molecule has 5 heteroatoms. The van der Waals surface area contributed by atoms with Crippen molar-refractivity contribution in [3.63, 3.8) is 0 Å². The first kappa shape index (κ1) is 12.5. The number of rotatable bonds is 6. The number of hydrogen-bond acceptors (Lipinski definition) is 5. The summed E-state index contributed by atoms with van der Waals surface area (Å²) in [5, 5.41) is 13.1. The highest BCUT2D eigenvalue weighted by Crippen LogP contribution is 2.38. The molecule has 1 aliphatic rings. The fraction of sp³-hybridized carbons (Fsp3) is 0.833. The Bertz CT molecular complexity index is 360. The largest absolute Gasteiger partial charge is 0.395 e. The normalized spacial score (nSPS) is 18.0. The molecule has 1 aliphatic carbocycles. The molecule has 1 fully saturated rings. The molecule has 0 amide bonds. The second kappa shape index (κ2) is 5.14. The highest BCUT2D eigenvalue weighted by atomic mass is 16.5. The predicted octanol–water partition coefficient (Wildman–Crippen LogP) is 1.71. The van der Waals surface area contributed by atoms with Crippen LogP contribution in [0, 0.1) is 0 Å². The van der Waals surface area contributed by atoms with Crippen molar-refractivity contribution in [3.05, 3.63) is 11.7 Å². The van der Waals surface area contributed by atoms with Crippen molar-refractivity contribution < 1.29 is 9.63 Å². The molecule has 0 aromatic carbocycles. The molecular weight excluding hydrogens is 218 g/mol. The van der Waals surface area contributed by atoms with Gasteiger partial charge in [-0.3, -0.25) is 4.90 Å². The van der Waals surface area contributed by atoms with Gasteiger partial charge in [0.1, 0.15) is 0 Å². The lowest BCUT2D eigenvalue weighted by atomic mass is 10.2. The lowest BCUT2D eigenvalue weighted by molar-refractivity contribution is 0.107. The van der Waals surface area contributed by atoms with Gasteiger partial charge >= 0.3 is 0 Å². The molecule has 0 radical (unpaired) electrons. The highest BCUT2D eigenvalue weighted by Gasteiger charge is 2.31. The van der Waals surface area contributed by atoms with E-state index in [1.807, 2.05) is 6.92 Å². The molecule has 2 rings (SSSR count). The third kappa shape index (κ3) is 2.84. The number of hydrogen-bond donors (Lipinski definition) is 1. The molecule has 1 saturated carbocycles. The molecule has 1 unspecified atom stereocenters. The van der Waals surface area contributed by atoms with E-state index in [0.29, 0.717) is 24.4 Å². The van der Waals surface area contributed by atoms with E-state index in [2.05, 4.69) is 28.9 Å². The van der Waals surface area contributed by atoms with Crippen molar-refractivity contribution in [2.75, 3.05) is 13.2 Å². The van der Waals surface area contributed by atoms with Crippen LogP contribution in [0.3, 0.4) is 0 Å². The second-order valence-corrected chi connectivity index (χ2v) is 5.00. The molecule has 1 aromatic heterocycles. The zero-order valence-electron chi connectivity index (χ0n) is 10.8. The topological polar surface area (TPSA) is 62.4 Å². The Morgan fingerprint density at radius 1 is 1.41 bits per heavy atom. The average Bonchev–Trinajstić information content (AvgIpc) is 3.03. The minimum absolute atomic E-state index is 0.0575. The van der Waals surface area contributed by atoms with E-state index in [1.165, 1.54) is 12.8 Å². The van der Waals surface area contributed by atoms with Gasteiger partial charge in [-0.2, -0.15) is 4.98 Å². The van der Waals surface area contributed by atoms with E-state index in [4.69, 9.17) is 9.63 Å². The molecule has 0 aliphatic heterocycles. The smallest absolute Gasteiger partial charge is 0.243 e. The molecular formula is C12H21N3O2. The van der Waals surface area contributed by atoms with Gasteiger partial charge in [-0.05, 0) is 33.6 Å². The van der Waals surface area contributed by atoms with Crippen LogP contribution in [-0.4, -0.2) is 39.3 Å². The molecule has 1 N–H and O–H groups in total. The predicted molar refractivity (Wildman–Crippen MR) is 63.6 cm³/mol. The maximum absolute atomic E-state index is 9.08. The summed E-state index contributed by atoms with van der Waals surface area (Å²) in [5.41, 5.74) is 0. The summed E-state index contributed by atoms with van der Waals surface area (Å²) in [7, 11) is 0. The highest BCUT2D eigenvalue weighted by molar-refractivity contribution is 5.04. The van der Waals surface area contributed by atoms with Crippen LogP contribution >= 0.6 is 0 Å². The second-order valence-electron chi connectivity index (χ2n) is 5.00. The van der Waals surface area contributed by atoms with Gasteiger partial charge in [0.2, 0.25) is 5.89 Å². The minimum Gasteiger partial charge on any atom is -0.395 e. The summed E-state index contributed by atoms with van der Waals surface area (Å²) in [5.74, 6) is 2.03. The summed E-state index contributed by atoms with van der Waals surface area (Å²) in [6.45, 7) is 7.01. The maximum atomic E-state index is 9.08. The molecule has 5 nitrogen and oxygen atoms in total. The van der Waals surface area contributed by atoms with Gasteiger partial charge in [-0.1, -0.05) is 5.16 Å². The summed E-state index contributed by atoms with van der Waals surface area (Å²) in [6.07, 6.45) is 2.36. The first-order valence-corrected chi connectivity index (χ1v) is 6.33. The SMILES string of the molecule is CC(C)N(CCO)C(C)c1nc(C2CC2)no1. The molecule has 0 bridgehead atoms. The van der Waals surface area contributed by atoms with Crippen molar-refractivity contribution >= 4 is 0 Å². The van der Waals surface area contributed by atoms with Gasteiger partial charge in [0.05, 0.1) is 12.6 Å². The van der Waals surface area contributed by atoms with Crippen LogP contribution in [0.4, 0.5) is 0 Å². The number of aliphatic hydroxyl groups excluding tert-OH is 1. The Labute approximate surface area is 102 Å². The van der Waals surface area contributed by atoms with Crippen LogP contribution in [0.25, 0.3) is 0 Å². The van der Waals surface area contributed by atoms with Gasteiger partial charge in [0.15, 0.2) is 5.82 Å². The Morgan fingerprint density at radius 2 is 2.12 bits per heavy atom. The first-order chi connectivity index (χ1) is 8.13. The molecule has 0 spiro atoms. The van der Waals surface area contributed by atoms with E-state index in [1.54, 1.807) is 0 Å². The van der Waals surface area contributed by atoms with Crippen molar-refractivity contribution in [2.45, 2.75) is 51.6 Å². The van der Waals surface area contributed by atoms with Crippen molar-refractivity contribution in [2.24, 2.45) is 0 Å². The Hall–Kier alpha value is -0.940. The van der Waals surface area contributed by atoms with Gasteiger partial charge < -0.3 is 9.63 Å². The maximum Gasteiger partial charge on any atom is 0.243 e. The standard InChI is InChI=1S/C12H21N3O2/c1-8(2)15(6-7-16)9(3)12-13-11(14-17-12)10-4-5-10/h8-10,16H,4-7H2,1-3H3.